The number of nitrogens with one attached hydrogen (secondary N) is 1. The van der Waals surface area contributed by atoms with E-state index in [2.05, 4.69) is 22.4 Å². The molecular weight excluding hydrogens is 512 g/mol. The molecule has 1 aromatic heterocycles. The van der Waals surface area contributed by atoms with Crippen molar-refractivity contribution in [2.75, 3.05) is 6.61 Å². The summed E-state index contributed by atoms with van der Waals surface area (Å²) < 4.78 is 11.8. The molecule has 0 aliphatic heterocycles. The van der Waals surface area contributed by atoms with Gasteiger partial charge in [0.05, 0.1) is 4.88 Å². The lowest BCUT2D eigenvalue weighted by molar-refractivity contribution is -0.139. The van der Waals surface area contributed by atoms with Gasteiger partial charge in [-0.2, -0.15) is 0 Å². The first-order valence-corrected chi connectivity index (χ1v) is 12.8. The molecule has 5 rings (SSSR count). The van der Waals surface area contributed by atoms with Crippen LogP contribution in [0.15, 0.2) is 79.0 Å². The summed E-state index contributed by atoms with van der Waals surface area (Å²) in [5.74, 6) is -0.763. The summed E-state index contributed by atoms with van der Waals surface area (Å²) in [5, 5.41) is 12.3. The lowest BCUT2D eigenvalue weighted by atomic mass is 9.98. The lowest BCUT2D eigenvalue weighted by Crippen LogP contribution is -2.43. The molecule has 0 fully saturated rings. The molecule has 0 radical (unpaired) electrons. The molecule has 1 heterocycles. The second-order valence-corrected chi connectivity index (χ2v) is 10.2. The normalized spacial score (nSPS) is 12.9. The molecule has 1 unspecified atom stereocenters. The zero-order chi connectivity index (χ0) is 25.8. The summed E-state index contributed by atoms with van der Waals surface area (Å²) in [5.41, 5.74) is 5.05. The lowest BCUT2D eigenvalue weighted by Gasteiger charge is -2.18. The van der Waals surface area contributed by atoms with E-state index < -0.39 is 18.1 Å². The van der Waals surface area contributed by atoms with E-state index in [-0.39, 0.29) is 25.6 Å². The van der Waals surface area contributed by atoms with E-state index >= 15 is 0 Å². The number of thiazole rings is 1. The Morgan fingerprint density at radius 1 is 1.00 bits per heavy atom. The minimum atomic E-state index is -1.20. The number of aliphatic carboxylic acids is 1. The third-order valence-electron chi connectivity index (χ3n) is 6.23. The van der Waals surface area contributed by atoms with Crippen molar-refractivity contribution in [2.45, 2.75) is 25.0 Å². The van der Waals surface area contributed by atoms with Gasteiger partial charge < -0.3 is 19.9 Å². The summed E-state index contributed by atoms with van der Waals surface area (Å²) in [7, 11) is 0. The number of carboxylic acid groups (broad SMARTS) is 1. The van der Waals surface area contributed by atoms with Crippen LogP contribution in [0.2, 0.25) is 4.47 Å². The van der Waals surface area contributed by atoms with Crippen molar-refractivity contribution in [2.24, 2.45) is 0 Å². The maximum Gasteiger partial charge on any atom is 0.407 e. The van der Waals surface area contributed by atoms with Gasteiger partial charge >= 0.3 is 12.1 Å². The molecular formula is C28H23ClN2O5S. The number of rotatable bonds is 9. The molecule has 9 heteroatoms. The number of fused-ring (bicyclic) bond motifs is 3. The number of amides is 1. The summed E-state index contributed by atoms with van der Waals surface area (Å²) >= 11 is 7.19. The second-order valence-electron chi connectivity index (χ2n) is 8.54. The van der Waals surface area contributed by atoms with Crippen LogP contribution in [-0.2, 0) is 22.6 Å². The molecule has 4 aromatic rings. The highest BCUT2D eigenvalue weighted by molar-refractivity contribution is 7.15. The Bertz CT molecular complexity index is 1390. The molecule has 0 bridgehead atoms. The maximum absolute atomic E-state index is 12.7. The van der Waals surface area contributed by atoms with Crippen LogP contribution >= 0.6 is 22.9 Å². The van der Waals surface area contributed by atoms with E-state index in [0.717, 1.165) is 27.1 Å². The Kier molecular flexibility index (Phi) is 7.39. The summed E-state index contributed by atoms with van der Waals surface area (Å²) in [6, 6.07) is 22.0. The van der Waals surface area contributed by atoms with Gasteiger partial charge in [0.15, 0.2) is 4.47 Å². The number of aromatic nitrogens is 1. The number of ether oxygens (including phenoxy) is 2. The minimum absolute atomic E-state index is 0.0269. The van der Waals surface area contributed by atoms with E-state index in [1.165, 1.54) is 11.3 Å². The number of carboxylic acids is 1. The van der Waals surface area contributed by atoms with Crippen molar-refractivity contribution >= 4 is 35.0 Å². The quantitative estimate of drug-likeness (QED) is 0.277. The fourth-order valence-corrected chi connectivity index (χ4v) is 5.41. The second kappa shape index (κ2) is 11.0. The van der Waals surface area contributed by atoms with E-state index in [0.29, 0.717) is 15.8 Å². The van der Waals surface area contributed by atoms with Gasteiger partial charge in [0.25, 0.3) is 0 Å². The van der Waals surface area contributed by atoms with E-state index in [9.17, 15) is 14.7 Å². The van der Waals surface area contributed by atoms with E-state index in [1.54, 1.807) is 30.5 Å². The van der Waals surface area contributed by atoms with Crippen molar-refractivity contribution in [1.82, 2.24) is 10.3 Å². The number of carbonyl (C=O) groups is 2. The molecule has 1 amide bonds. The van der Waals surface area contributed by atoms with Crippen LogP contribution in [-0.4, -0.2) is 34.8 Å². The number of halogens is 1. The number of hydrogen-bond donors (Lipinski definition) is 2. The number of para-hydroxylation sites is 1. The van der Waals surface area contributed by atoms with Gasteiger partial charge in [-0.1, -0.05) is 78.3 Å². The summed E-state index contributed by atoms with van der Waals surface area (Å²) in [6.07, 6.45) is 0.875. The highest BCUT2D eigenvalue weighted by Crippen LogP contribution is 2.44. The largest absolute Gasteiger partial charge is 0.488 e. The van der Waals surface area contributed by atoms with E-state index in [4.69, 9.17) is 21.1 Å². The molecule has 0 spiro atoms. The fourth-order valence-electron chi connectivity index (χ4n) is 4.51. The van der Waals surface area contributed by atoms with Gasteiger partial charge in [-0.25, -0.2) is 14.6 Å². The average Bonchev–Trinajstić information content (AvgIpc) is 3.47. The van der Waals surface area contributed by atoms with Crippen LogP contribution in [0.3, 0.4) is 0 Å². The zero-order valence-electron chi connectivity index (χ0n) is 19.6. The first kappa shape index (κ1) is 24.8. The van der Waals surface area contributed by atoms with Gasteiger partial charge in [0.1, 0.15) is 25.0 Å². The number of nitrogens with zero attached hydrogens (tertiary/aromatic N) is 1. The number of hydrogen-bond acceptors (Lipinski definition) is 6. The van der Waals surface area contributed by atoms with Crippen molar-refractivity contribution < 1.29 is 24.2 Å². The molecule has 1 aliphatic carbocycles. The monoisotopic (exact) mass is 534 g/mol. The molecule has 1 aliphatic rings. The zero-order valence-corrected chi connectivity index (χ0v) is 21.2. The molecule has 0 saturated heterocycles. The van der Waals surface area contributed by atoms with Crippen molar-refractivity contribution in [3.8, 4) is 16.9 Å². The number of carbonyl (C=O) groups excluding carboxylic acids is 1. The Morgan fingerprint density at radius 2 is 1.65 bits per heavy atom. The summed E-state index contributed by atoms with van der Waals surface area (Å²) in [4.78, 5) is 29.5. The Labute approximate surface area is 222 Å². The van der Waals surface area contributed by atoms with Crippen molar-refractivity contribution in [3.63, 3.8) is 0 Å². The van der Waals surface area contributed by atoms with Gasteiger partial charge in [0, 0.05) is 18.5 Å². The van der Waals surface area contributed by atoms with Gasteiger partial charge in [-0.15, -0.1) is 11.3 Å². The third kappa shape index (κ3) is 5.60. The third-order valence-corrected chi connectivity index (χ3v) is 7.31. The fraction of sp³-hybridized carbons (Fsp3) is 0.179. The van der Waals surface area contributed by atoms with Crippen LogP contribution in [0.4, 0.5) is 4.79 Å². The SMILES string of the molecule is O=C(NC(Cc1ccccc1OCc1cnc(Cl)s1)C(=O)O)OCC1c2ccccc2-c2ccccc21. The highest BCUT2D eigenvalue weighted by atomic mass is 35.5. The van der Waals surface area contributed by atoms with Crippen LogP contribution < -0.4 is 10.1 Å². The van der Waals surface area contributed by atoms with Crippen molar-refractivity contribution in [1.29, 1.82) is 0 Å². The number of benzene rings is 3. The predicted molar refractivity (Wildman–Crippen MR) is 141 cm³/mol. The van der Waals surface area contributed by atoms with Gasteiger partial charge in [-0.3, -0.25) is 0 Å². The van der Waals surface area contributed by atoms with E-state index in [1.807, 2.05) is 36.4 Å². The van der Waals surface area contributed by atoms with Crippen LogP contribution in [0.25, 0.3) is 11.1 Å². The first-order valence-electron chi connectivity index (χ1n) is 11.6. The van der Waals surface area contributed by atoms with Gasteiger partial charge in [0.2, 0.25) is 0 Å². The smallest absolute Gasteiger partial charge is 0.407 e. The topological polar surface area (TPSA) is 97.8 Å². The van der Waals surface area contributed by atoms with Crippen LogP contribution in [0, 0.1) is 0 Å². The predicted octanol–water partition coefficient (Wildman–Crippen LogP) is 5.91. The first-order chi connectivity index (χ1) is 18.0. The Hall–Kier alpha value is -3.88. The molecule has 2 N–H and O–H groups in total. The average molecular weight is 535 g/mol. The molecule has 3 aromatic carbocycles. The summed E-state index contributed by atoms with van der Waals surface area (Å²) in [6.45, 7) is 0.349. The minimum Gasteiger partial charge on any atom is -0.488 e. The number of alkyl carbamates (subject to hydrolysis) is 1. The molecule has 188 valence electrons. The van der Waals surface area contributed by atoms with Crippen LogP contribution in [0.5, 0.6) is 5.75 Å². The van der Waals surface area contributed by atoms with Crippen molar-refractivity contribution in [3.05, 3.63) is 105 Å². The highest BCUT2D eigenvalue weighted by Gasteiger charge is 2.30. The Balaban J connectivity index is 1.23. The molecule has 37 heavy (non-hydrogen) atoms. The molecule has 1 atom stereocenters. The Morgan fingerprint density at radius 3 is 2.30 bits per heavy atom. The molecule has 7 nitrogen and oxygen atoms in total. The maximum atomic E-state index is 12.7. The van der Waals surface area contributed by atoms with Gasteiger partial charge in [-0.05, 0) is 33.9 Å². The standard InChI is InChI=1S/C28H23ClN2O5S/c29-27-30-14-18(37-27)15-35-25-12-6-1-7-17(25)13-24(26(32)33)31-28(34)36-16-23-21-10-4-2-8-19(21)20-9-3-5-11-22(20)23/h1-12,14,23-24H,13,15-16H2,(H,31,34)(H,32,33). The van der Waals surface area contributed by atoms with Crippen LogP contribution in [0.1, 0.15) is 27.5 Å². The molecule has 0 saturated carbocycles.